The van der Waals surface area contributed by atoms with E-state index >= 15 is 0 Å². The largest absolute Gasteiger partial charge is 0.324 e. The number of piperidine rings is 1. The number of anilines is 2. The lowest BCUT2D eigenvalue weighted by Gasteiger charge is -2.29. The molecule has 1 saturated heterocycles. The van der Waals surface area contributed by atoms with E-state index in [1.807, 2.05) is 44.3 Å². The van der Waals surface area contributed by atoms with Crippen molar-refractivity contribution in [3.63, 3.8) is 0 Å². The van der Waals surface area contributed by atoms with Gasteiger partial charge in [-0.05, 0) is 88.1 Å². The maximum absolute atomic E-state index is 13.6. The van der Waals surface area contributed by atoms with Crippen LogP contribution >= 0.6 is 22.9 Å². The van der Waals surface area contributed by atoms with Crippen LogP contribution in [0.2, 0.25) is 5.02 Å². The number of likely N-dealkylation sites (tertiary alicyclic amines) is 1. The molecule has 40 heavy (non-hydrogen) atoms. The molecule has 1 aliphatic rings. The molecule has 0 saturated carbocycles. The lowest BCUT2D eigenvalue weighted by molar-refractivity contribution is 0.255. The summed E-state index contributed by atoms with van der Waals surface area (Å²) in [4.78, 5) is 30.7. The van der Waals surface area contributed by atoms with Gasteiger partial charge in [-0.15, -0.1) is 11.3 Å². The number of nitrogens with zero attached hydrogens (tertiary/aromatic N) is 5. The van der Waals surface area contributed by atoms with E-state index in [9.17, 15) is 4.79 Å². The van der Waals surface area contributed by atoms with Crippen LogP contribution in [0.5, 0.6) is 0 Å². The van der Waals surface area contributed by atoms with E-state index in [1.54, 1.807) is 22.1 Å². The molecule has 4 heterocycles. The van der Waals surface area contributed by atoms with E-state index < -0.39 is 0 Å². The maximum atomic E-state index is 13.6. The number of rotatable bonds is 6. The van der Waals surface area contributed by atoms with Crippen LogP contribution in [0.25, 0.3) is 32.6 Å². The van der Waals surface area contributed by atoms with Crippen molar-refractivity contribution in [1.29, 1.82) is 0 Å². The normalized spacial score (nSPS) is 14.6. The predicted molar refractivity (Wildman–Crippen MR) is 165 cm³/mol. The van der Waals surface area contributed by atoms with E-state index in [1.165, 1.54) is 18.4 Å². The third-order valence-corrected chi connectivity index (χ3v) is 8.94. The fourth-order valence-electron chi connectivity index (χ4n) is 5.40. The number of halogens is 1. The van der Waals surface area contributed by atoms with Crippen molar-refractivity contribution >= 4 is 45.6 Å². The molecule has 204 valence electrons. The number of benzene rings is 2. The highest BCUT2D eigenvalue weighted by Crippen LogP contribution is 2.34. The topological polar surface area (TPSA) is 75.9 Å². The van der Waals surface area contributed by atoms with Crippen LogP contribution in [-0.2, 0) is 6.54 Å². The second kappa shape index (κ2) is 11.1. The molecule has 1 aliphatic heterocycles. The van der Waals surface area contributed by atoms with Gasteiger partial charge >= 0.3 is 0 Å². The van der Waals surface area contributed by atoms with Crippen molar-refractivity contribution < 1.29 is 0 Å². The number of nitrogens with one attached hydrogen (secondary N) is 1. The molecule has 9 heteroatoms. The summed E-state index contributed by atoms with van der Waals surface area (Å²) in [5, 5.41) is 5.60. The maximum Gasteiger partial charge on any atom is 0.260 e. The highest BCUT2D eigenvalue weighted by atomic mass is 35.5. The highest BCUT2D eigenvalue weighted by molar-refractivity contribution is 7.15. The van der Waals surface area contributed by atoms with Crippen LogP contribution in [-0.4, -0.2) is 44.6 Å². The van der Waals surface area contributed by atoms with Crippen molar-refractivity contribution in [2.24, 2.45) is 0 Å². The fraction of sp³-hybridized carbons (Fsp3) is 0.290. The van der Waals surface area contributed by atoms with Crippen LogP contribution in [0, 0.1) is 6.92 Å². The van der Waals surface area contributed by atoms with Gasteiger partial charge in [-0.2, -0.15) is 4.98 Å². The molecular formula is C31H31ClN6OS. The monoisotopic (exact) mass is 570 g/mol. The summed E-state index contributed by atoms with van der Waals surface area (Å²) in [7, 11) is 2.18. The lowest BCUT2D eigenvalue weighted by Crippen LogP contribution is -2.29. The number of aryl methyl sites for hydroxylation is 2. The molecule has 7 nitrogen and oxygen atoms in total. The summed E-state index contributed by atoms with van der Waals surface area (Å²) in [5.41, 5.74) is 4.94. The summed E-state index contributed by atoms with van der Waals surface area (Å²) in [6.45, 7) is 6.67. The molecule has 0 aliphatic carbocycles. The molecule has 0 bridgehead atoms. The second-order valence-corrected chi connectivity index (χ2v) is 12.0. The molecule has 2 aromatic carbocycles. The standard InChI is InChI=1S/C31H31ClN6OS/c1-4-38-29-23(15-26(30(38)39)25-10-7-22(16-27(25)32)28-18-33-19(2)40-28)17-34-31(36-29)35-24-8-5-20(6-9-24)21-11-13-37(3)14-12-21/h5-10,15-18,21H,4,11-14H2,1-3H3,(H,34,35,36). The van der Waals surface area contributed by atoms with Crippen molar-refractivity contribution in [3.8, 4) is 21.6 Å². The van der Waals surface area contributed by atoms with Crippen LogP contribution in [0.4, 0.5) is 11.6 Å². The molecule has 1 fully saturated rings. The summed E-state index contributed by atoms with van der Waals surface area (Å²) >= 11 is 8.33. The zero-order chi connectivity index (χ0) is 27.8. The van der Waals surface area contributed by atoms with E-state index in [-0.39, 0.29) is 5.56 Å². The molecule has 0 radical (unpaired) electrons. The van der Waals surface area contributed by atoms with E-state index in [0.29, 0.717) is 40.2 Å². The van der Waals surface area contributed by atoms with Crippen molar-refractivity contribution in [2.75, 3.05) is 25.5 Å². The zero-order valence-corrected chi connectivity index (χ0v) is 24.4. The van der Waals surface area contributed by atoms with Gasteiger partial charge in [-0.25, -0.2) is 9.97 Å². The third-order valence-electron chi connectivity index (χ3n) is 7.67. The van der Waals surface area contributed by atoms with Gasteiger partial charge in [0.05, 0.1) is 9.88 Å². The van der Waals surface area contributed by atoms with Crippen LogP contribution in [0.1, 0.15) is 36.3 Å². The first kappa shape index (κ1) is 26.6. The SMILES string of the molecule is CCn1c(=O)c(-c2ccc(-c3cnc(C)s3)cc2Cl)cc2cnc(Nc3ccc(C4CCN(C)CC4)cc3)nc21. The zero-order valence-electron chi connectivity index (χ0n) is 22.8. The first-order valence-corrected chi connectivity index (χ1v) is 14.8. The molecular weight excluding hydrogens is 540 g/mol. The number of hydrogen-bond acceptors (Lipinski definition) is 7. The number of pyridine rings is 1. The van der Waals surface area contributed by atoms with Crippen LogP contribution in [0.3, 0.4) is 0 Å². The van der Waals surface area contributed by atoms with Crippen LogP contribution < -0.4 is 10.9 Å². The minimum Gasteiger partial charge on any atom is -0.324 e. The van der Waals surface area contributed by atoms with Crippen molar-refractivity contribution in [2.45, 2.75) is 39.2 Å². The molecule has 1 N–H and O–H groups in total. The van der Waals surface area contributed by atoms with Gasteiger partial charge in [0.15, 0.2) is 0 Å². The molecule has 0 atom stereocenters. The summed E-state index contributed by atoms with van der Waals surface area (Å²) in [6, 6.07) is 16.2. The Bertz CT molecular complexity index is 1740. The van der Waals surface area contributed by atoms with Crippen LogP contribution in [0.15, 0.2) is 65.7 Å². The molecule has 0 spiro atoms. The highest BCUT2D eigenvalue weighted by Gasteiger charge is 2.19. The van der Waals surface area contributed by atoms with Gasteiger partial charge in [-0.3, -0.25) is 9.36 Å². The van der Waals surface area contributed by atoms with Gasteiger partial charge in [-0.1, -0.05) is 35.9 Å². The Morgan fingerprint density at radius 3 is 2.48 bits per heavy atom. The Kier molecular flexibility index (Phi) is 7.40. The molecule has 0 amide bonds. The van der Waals surface area contributed by atoms with E-state index in [2.05, 4.69) is 51.5 Å². The Labute approximate surface area is 242 Å². The summed E-state index contributed by atoms with van der Waals surface area (Å²) < 4.78 is 1.68. The van der Waals surface area contributed by atoms with Gasteiger partial charge in [0, 0.05) is 46.2 Å². The molecule has 0 unspecified atom stereocenters. The Hall–Kier alpha value is -3.59. The number of hydrogen-bond donors (Lipinski definition) is 1. The second-order valence-electron chi connectivity index (χ2n) is 10.3. The average Bonchev–Trinajstić information content (AvgIpc) is 3.40. The predicted octanol–water partition coefficient (Wildman–Crippen LogP) is 7.12. The average molecular weight is 571 g/mol. The number of fused-ring (bicyclic) bond motifs is 1. The number of aromatic nitrogens is 4. The Morgan fingerprint density at radius 1 is 1.02 bits per heavy atom. The summed E-state index contributed by atoms with van der Waals surface area (Å²) in [6.07, 6.45) is 5.98. The van der Waals surface area contributed by atoms with Gasteiger partial charge in [0.2, 0.25) is 5.95 Å². The van der Waals surface area contributed by atoms with Gasteiger partial charge in [0.25, 0.3) is 5.56 Å². The van der Waals surface area contributed by atoms with Crippen molar-refractivity contribution in [1.82, 2.24) is 24.4 Å². The molecule has 5 aromatic rings. The van der Waals surface area contributed by atoms with Gasteiger partial charge in [0.1, 0.15) is 5.65 Å². The first-order valence-electron chi connectivity index (χ1n) is 13.6. The third kappa shape index (κ3) is 5.27. The Balaban J connectivity index is 1.28. The van der Waals surface area contributed by atoms with E-state index in [4.69, 9.17) is 16.6 Å². The smallest absolute Gasteiger partial charge is 0.260 e. The molecule has 6 rings (SSSR count). The van der Waals surface area contributed by atoms with Crippen molar-refractivity contribution in [3.05, 3.63) is 86.9 Å². The first-order chi connectivity index (χ1) is 19.4. The quantitative estimate of drug-likeness (QED) is 0.234. The fourth-order valence-corrected chi connectivity index (χ4v) is 6.45. The van der Waals surface area contributed by atoms with E-state index in [0.717, 1.165) is 39.6 Å². The molecule has 3 aromatic heterocycles. The minimum atomic E-state index is -0.134. The Morgan fingerprint density at radius 2 is 1.80 bits per heavy atom. The van der Waals surface area contributed by atoms with Gasteiger partial charge < -0.3 is 10.2 Å². The number of thiazole rings is 1. The minimum absolute atomic E-state index is 0.134. The summed E-state index contributed by atoms with van der Waals surface area (Å²) in [5.74, 6) is 1.06. The lowest BCUT2D eigenvalue weighted by atomic mass is 9.89.